The molecule has 2 heterocycles. The van der Waals surface area contributed by atoms with Gasteiger partial charge in [0, 0.05) is 28.1 Å². The second-order valence-electron chi connectivity index (χ2n) is 6.29. The number of carbonyl (C=O) groups is 1. The van der Waals surface area contributed by atoms with Crippen LogP contribution in [0.2, 0.25) is 0 Å². The third-order valence-corrected chi connectivity index (χ3v) is 4.05. The number of aliphatic imine (C=N–C) groups is 1. The fourth-order valence-corrected chi connectivity index (χ4v) is 3.03. The zero-order chi connectivity index (χ0) is 18.7. The number of carbonyl (C=O) groups excluding carboxylic acids is 1. The Morgan fingerprint density at radius 2 is 2.08 bits per heavy atom. The predicted octanol–water partition coefficient (Wildman–Crippen LogP) is 3.39. The van der Waals surface area contributed by atoms with E-state index in [0.29, 0.717) is 24.7 Å². The number of nitrogens with zero attached hydrogens (tertiary/aromatic N) is 3. The highest BCUT2D eigenvalue weighted by molar-refractivity contribution is 9.10. The first-order chi connectivity index (χ1) is 12.3. The minimum atomic E-state index is -0.799. The predicted molar refractivity (Wildman–Crippen MR) is 102 cm³/mol. The normalized spacial score (nSPS) is 19.6. The first kappa shape index (κ1) is 18.5. The smallest absolute Gasteiger partial charge is 0.275 e. The zero-order valence-electron chi connectivity index (χ0n) is 14.7. The van der Waals surface area contributed by atoms with Crippen molar-refractivity contribution < 1.29 is 14.3 Å². The molecule has 3 rings (SSSR count). The van der Waals surface area contributed by atoms with Crippen LogP contribution in [-0.4, -0.2) is 40.5 Å². The fourth-order valence-electron chi connectivity index (χ4n) is 2.56. The summed E-state index contributed by atoms with van der Waals surface area (Å²) in [5.41, 5.74) is 1.64. The van der Waals surface area contributed by atoms with E-state index in [-0.39, 0.29) is 11.6 Å². The minimum absolute atomic E-state index is 0.242. The summed E-state index contributed by atoms with van der Waals surface area (Å²) in [5, 5.41) is 2.80. The summed E-state index contributed by atoms with van der Waals surface area (Å²) in [6.45, 7) is 6.44. The van der Waals surface area contributed by atoms with Gasteiger partial charge in [-0.2, -0.15) is 0 Å². The molecule has 7 nitrogen and oxygen atoms in total. The van der Waals surface area contributed by atoms with Crippen molar-refractivity contribution in [2.45, 2.75) is 26.5 Å². The topological polar surface area (TPSA) is 85.7 Å². The van der Waals surface area contributed by atoms with Crippen molar-refractivity contribution in [1.82, 2.24) is 9.97 Å². The summed E-state index contributed by atoms with van der Waals surface area (Å²) in [6.07, 6.45) is 2.99. The number of hydrogen-bond donors (Lipinski definition) is 1. The number of rotatable bonds is 4. The second kappa shape index (κ2) is 7.51. The van der Waals surface area contributed by atoms with E-state index in [1.54, 1.807) is 18.3 Å². The van der Waals surface area contributed by atoms with Crippen molar-refractivity contribution in [2.24, 2.45) is 4.99 Å². The molecule has 1 aliphatic heterocycles. The van der Waals surface area contributed by atoms with Gasteiger partial charge in [0.25, 0.3) is 5.91 Å². The monoisotopic (exact) mass is 418 g/mol. The zero-order valence-corrected chi connectivity index (χ0v) is 16.3. The van der Waals surface area contributed by atoms with Crippen LogP contribution >= 0.6 is 15.9 Å². The SMILES string of the molecule is CC1=NC(C)(Oc2cc(Br)cc(NC(=O)c3cnc(C)cn3)c2)COC1. The lowest BCUT2D eigenvalue weighted by Gasteiger charge is -2.30. The molecule has 0 radical (unpaired) electrons. The van der Waals surface area contributed by atoms with Crippen LogP contribution in [0.5, 0.6) is 5.75 Å². The number of ether oxygens (including phenoxy) is 2. The van der Waals surface area contributed by atoms with Crippen LogP contribution < -0.4 is 10.1 Å². The average Bonchev–Trinajstić information content (AvgIpc) is 2.54. The van der Waals surface area contributed by atoms with Crippen molar-refractivity contribution in [3.05, 3.63) is 46.5 Å². The van der Waals surface area contributed by atoms with Crippen molar-refractivity contribution >= 4 is 33.2 Å². The van der Waals surface area contributed by atoms with Crippen LogP contribution in [-0.2, 0) is 4.74 Å². The molecule has 8 heteroatoms. The molecule has 0 saturated carbocycles. The Hall–Kier alpha value is -2.32. The number of hydrogen-bond acceptors (Lipinski definition) is 6. The lowest BCUT2D eigenvalue weighted by molar-refractivity contribution is -0.00963. The third kappa shape index (κ3) is 4.64. The number of benzene rings is 1. The highest BCUT2D eigenvalue weighted by Crippen LogP contribution is 2.29. The summed E-state index contributed by atoms with van der Waals surface area (Å²) in [5.74, 6) is 0.219. The van der Waals surface area contributed by atoms with E-state index in [1.165, 1.54) is 6.20 Å². The van der Waals surface area contributed by atoms with Crippen LogP contribution in [0.4, 0.5) is 5.69 Å². The molecule has 0 bridgehead atoms. The summed E-state index contributed by atoms with van der Waals surface area (Å²) in [7, 11) is 0. The van der Waals surface area contributed by atoms with Crippen molar-refractivity contribution in [1.29, 1.82) is 0 Å². The maximum absolute atomic E-state index is 12.3. The van der Waals surface area contributed by atoms with E-state index in [9.17, 15) is 4.79 Å². The first-order valence-electron chi connectivity index (χ1n) is 8.06. The van der Waals surface area contributed by atoms with Gasteiger partial charge in [0.05, 0.1) is 18.5 Å². The standard InChI is InChI=1S/C18H19BrN4O3/c1-11-7-21-16(8-20-11)17(24)22-14-4-13(19)5-15(6-14)26-18(3)10-25-9-12(2)23-18/h4-8H,9-10H2,1-3H3,(H,22,24). The number of amides is 1. The Bertz CT molecular complexity index is 854. The van der Waals surface area contributed by atoms with Crippen LogP contribution in [0.3, 0.4) is 0 Å². The van der Waals surface area contributed by atoms with Crippen LogP contribution in [0, 0.1) is 6.92 Å². The highest BCUT2D eigenvalue weighted by atomic mass is 79.9. The van der Waals surface area contributed by atoms with E-state index in [2.05, 4.69) is 36.2 Å². The van der Waals surface area contributed by atoms with E-state index >= 15 is 0 Å². The number of aromatic nitrogens is 2. The molecule has 1 aliphatic rings. The lowest BCUT2D eigenvalue weighted by atomic mass is 10.2. The molecule has 1 aromatic heterocycles. The third-order valence-electron chi connectivity index (χ3n) is 3.59. The van der Waals surface area contributed by atoms with Crippen molar-refractivity contribution in [2.75, 3.05) is 18.5 Å². The van der Waals surface area contributed by atoms with Gasteiger partial charge in [0.15, 0.2) is 0 Å². The van der Waals surface area contributed by atoms with Crippen LogP contribution in [0.25, 0.3) is 0 Å². The summed E-state index contributed by atoms with van der Waals surface area (Å²) in [4.78, 5) is 25.0. The molecular weight excluding hydrogens is 400 g/mol. The van der Waals surface area contributed by atoms with Crippen LogP contribution in [0.15, 0.2) is 40.1 Å². The number of aryl methyl sites for hydroxylation is 1. The van der Waals surface area contributed by atoms with Gasteiger partial charge in [-0.3, -0.25) is 9.78 Å². The van der Waals surface area contributed by atoms with Gasteiger partial charge in [0.1, 0.15) is 18.1 Å². The fraction of sp³-hybridized carbons (Fsp3) is 0.333. The summed E-state index contributed by atoms with van der Waals surface area (Å²) in [6, 6.07) is 5.32. The van der Waals surface area contributed by atoms with Gasteiger partial charge >= 0.3 is 0 Å². The molecule has 2 aromatic rings. The quantitative estimate of drug-likeness (QED) is 0.821. The van der Waals surface area contributed by atoms with Gasteiger partial charge in [-0.05, 0) is 32.9 Å². The lowest BCUT2D eigenvalue weighted by Crippen LogP contribution is -2.41. The molecule has 1 aromatic carbocycles. The van der Waals surface area contributed by atoms with E-state index in [0.717, 1.165) is 15.9 Å². The largest absolute Gasteiger partial charge is 0.464 e. The molecule has 0 aliphatic carbocycles. The molecule has 1 unspecified atom stereocenters. The van der Waals surface area contributed by atoms with Gasteiger partial charge in [-0.25, -0.2) is 9.98 Å². The molecule has 1 atom stereocenters. The van der Waals surface area contributed by atoms with Gasteiger partial charge in [0.2, 0.25) is 5.72 Å². The van der Waals surface area contributed by atoms with E-state index in [4.69, 9.17) is 9.47 Å². The van der Waals surface area contributed by atoms with Crippen molar-refractivity contribution in [3.63, 3.8) is 0 Å². The van der Waals surface area contributed by atoms with E-state index < -0.39 is 5.72 Å². The Balaban J connectivity index is 1.78. The molecule has 136 valence electrons. The number of anilines is 1. The molecule has 1 amide bonds. The molecular formula is C18H19BrN4O3. The Kier molecular flexibility index (Phi) is 5.33. The molecule has 26 heavy (non-hydrogen) atoms. The maximum Gasteiger partial charge on any atom is 0.275 e. The second-order valence-corrected chi connectivity index (χ2v) is 7.21. The van der Waals surface area contributed by atoms with Gasteiger partial charge < -0.3 is 14.8 Å². The summed E-state index contributed by atoms with van der Waals surface area (Å²) >= 11 is 3.44. The number of halogens is 1. The Morgan fingerprint density at radius 1 is 1.27 bits per heavy atom. The first-order valence-corrected chi connectivity index (χ1v) is 8.85. The van der Waals surface area contributed by atoms with Crippen molar-refractivity contribution in [3.8, 4) is 5.75 Å². The Labute approximate surface area is 160 Å². The maximum atomic E-state index is 12.3. The van der Waals surface area contributed by atoms with Crippen LogP contribution in [0.1, 0.15) is 30.0 Å². The molecule has 0 spiro atoms. The van der Waals surface area contributed by atoms with Gasteiger partial charge in [-0.15, -0.1) is 0 Å². The molecule has 0 saturated heterocycles. The number of nitrogens with one attached hydrogen (secondary N) is 1. The minimum Gasteiger partial charge on any atom is -0.464 e. The molecule has 0 fully saturated rings. The highest BCUT2D eigenvalue weighted by Gasteiger charge is 2.29. The summed E-state index contributed by atoms with van der Waals surface area (Å²) < 4.78 is 12.3. The van der Waals surface area contributed by atoms with E-state index in [1.807, 2.05) is 26.8 Å². The van der Waals surface area contributed by atoms with Gasteiger partial charge in [-0.1, -0.05) is 15.9 Å². The molecule has 1 N–H and O–H groups in total. The average molecular weight is 419 g/mol. The Morgan fingerprint density at radius 3 is 2.77 bits per heavy atom.